The number of fused-ring (bicyclic) bond motifs is 1. The zero-order chi connectivity index (χ0) is 20.5. The van der Waals surface area contributed by atoms with Gasteiger partial charge < -0.3 is 9.47 Å². The first kappa shape index (κ1) is 20.9. The van der Waals surface area contributed by atoms with E-state index in [-0.39, 0.29) is 28.1 Å². The van der Waals surface area contributed by atoms with Crippen LogP contribution >= 0.6 is 23.2 Å². The molecule has 9 heteroatoms. The molecule has 0 aromatic heterocycles. The molecule has 0 saturated heterocycles. The number of sulfonamides is 1. The number of esters is 1. The molecule has 2 aromatic rings. The lowest BCUT2D eigenvalue weighted by molar-refractivity contribution is -0.143. The highest BCUT2D eigenvalue weighted by molar-refractivity contribution is 7.89. The predicted molar refractivity (Wildman–Crippen MR) is 106 cm³/mol. The largest absolute Gasteiger partial charge is 0.485 e. The van der Waals surface area contributed by atoms with Crippen LogP contribution in [0.5, 0.6) is 5.75 Å². The van der Waals surface area contributed by atoms with Crippen LogP contribution in [0.3, 0.4) is 0 Å². The van der Waals surface area contributed by atoms with Crippen molar-refractivity contribution in [3.05, 3.63) is 57.6 Å². The Hall–Kier alpha value is -1.80. The van der Waals surface area contributed by atoms with Gasteiger partial charge in [0.1, 0.15) is 28.4 Å². The van der Waals surface area contributed by atoms with Gasteiger partial charge in [0.25, 0.3) is 0 Å². The molecule has 0 amide bonds. The molecule has 0 saturated carbocycles. The van der Waals surface area contributed by atoms with Gasteiger partial charge in [0.2, 0.25) is 10.0 Å². The molecule has 1 aliphatic rings. The maximum atomic E-state index is 13.1. The minimum Gasteiger partial charge on any atom is -0.485 e. The van der Waals surface area contributed by atoms with Crippen LogP contribution in [-0.2, 0) is 32.5 Å². The number of hydrogen-bond acceptors (Lipinski definition) is 5. The molecule has 1 heterocycles. The van der Waals surface area contributed by atoms with Crippen molar-refractivity contribution in [3.63, 3.8) is 0 Å². The Morgan fingerprint density at radius 3 is 2.57 bits per heavy atom. The van der Waals surface area contributed by atoms with Crippen molar-refractivity contribution in [2.45, 2.75) is 30.9 Å². The molecule has 6 nitrogen and oxygen atoms in total. The predicted octanol–water partition coefficient (Wildman–Crippen LogP) is 3.68. The summed E-state index contributed by atoms with van der Waals surface area (Å²) in [6, 6.07) is 10.7. The van der Waals surface area contributed by atoms with Gasteiger partial charge in [0, 0.05) is 32.5 Å². The lowest BCUT2D eigenvalue weighted by atomic mass is 10.1. The maximum absolute atomic E-state index is 13.1. The Balaban J connectivity index is 1.88. The van der Waals surface area contributed by atoms with E-state index in [4.69, 9.17) is 32.7 Å². The van der Waals surface area contributed by atoms with Gasteiger partial charge in [-0.15, -0.1) is 0 Å². The highest BCUT2D eigenvalue weighted by Gasteiger charge is 2.33. The lowest BCUT2D eigenvalue weighted by Gasteiger charge is -2.19. The van der Waals surface area contributed by atoms with Gasteiger partial charge >= 0.3 is 5.97 Å². The van der Waals surface area contributed by atoms with E-state index in [2.05, 4.69) is 0 Å². The molecule has 0 aliphatic carbocycles. The highest BCUT2D eigenvalue weighted by atomic mass is 35.5. The van der Waals surface area contributed by atoms with E-state index >= 15 is 0 Å². The number of carbonyl (C=O) groups is 1. The summed E-state index contributed by atoms with van der Waals surface area (Å²) in [5.74, 6) is -0.0945. The van der Waals surface area contributed by atoms with Crippen molar-refractivity contribution in [2.24, 2.45) is 0 Å². The molecule has 1 atom stereocenters. The second-order valence-electron chi connectivity index (χ2n) is 6.48. The third-order valence-electron chi connectivity index (χ3n) is 4.35. The molecule has 150 valence electrons. The second-order valence-corrected chi connectivity index (χ2v) is 9.25. The lowest BCUT2D eigenvalue weighted by Crippen LogP contribution is -2.27. The Labute approximate surface area is 174 Å². The van der Waals surface area contributed by atoms with Gasteiger partial charge in [-0.05, 0) is 11.6 Å². The number of carbonyl (C=O) groups excluding carboxylic acids is 1. The van der Waals surface area contributed by atoms with Gasteiger partial charge in [-0.25, -0.2) is 8.42 Å². The zero-order valence-electron chi connectivity index (χ0n) is 15.3. The van der Waals surface area contributed by atoms with E-state index in [1.54, 1.807) is 0 Å². The zero-order valence-corrected chi connectivity index (χ0v) is 17.6. The van der Waals surface area contributed by atoms with E-state index in [9.17, 15) is 13.2 Å². The van der Waals surface area contributed by atoms with Gasteiger partial charge in [0.05, 0.1) is 5.02 Å². The van der Waals surface area contributed by atoms with Crippen LogP contribution in [0.4, 0.5) is 0 Å². The minimum atomic E-state index is -3.88. The molecular formula is C19H19Cl2NO5S. The Kier molecular flexibility index (Phi) is 6.19. The van der Waals surface area contributed by atoms with Crippen molar-refractivity contribution in [2.75, 3.05) is 13.7 Å². The van der Waals surface area contributed by atoms with Crippen LogP contribution in [-0.4, -0.2) is 38.5 Å². The van der Waals surface area contributed by atoms with Crippen LogP contribution in [0, 0.1) is 0 Å². The number of hydrogen-bond donors (Lipinski definition) is 0. The number of nitrogens with zero attached hydrogens (tertiary/aromatic N) is 1. The number of halogens is 2. The maximum Gasteiger partial charge on any atom is 0.302 e. The van der Waals surface area contributed by atoms with Gasteiger partial charge in [-0.3, -0.25) is 4.79 Å². The van der Waals surface area contributed by atoms with Crippen molar-refractivity contribution in [3.8, 4) is 5.75 Å². The second kappa shape index (κ2) is 8.29. The SMILES string of the molecule is CC(=O)OCC1Cc2cc(S(=O)(=O)N(C)Cc3ccccc3)c(Cl)c(Cl)c2O1. The Morgan fingerprint density at radius 2 is 1.93 bits per heavy atom. The van der Waals surface area contributed by atoms with Crippen LogP contribution in [0.25, 0.3) is 0 Å². The van der Waals surface area contributed by atoms with Crippen molar-refractivity contribution >= 4 is 39.2 Å². The van der Waals surface area contributed by atoms with E-state index in [0.717, 1.165) is 5.56 Å². The minimum absolute atomic E-state index is 0.0381. The molecular weight excluding hydrogens is 425 g/mol. The van der Waals surface area contributed by atoms with Crippen LogP contribution in [0.1, 0.15) is 18.1 Å². The fourth-order valence-corrected chi connectivity index (χ4v) is 4.98. The summed E-state index contributed by atoms with van der Waals surface area (Å²) in [7, 11) is -2.39. The normalized spacial score (nSPS) is 16.0. The average molecular weight is 444 g/mol. The molecule has 28 heavy (non-hydrogen) atoms. The smallest absolute Gasteiger partial charge is 0.302 e. The van der Waals surface area contributed by atoms with E-state index in [0.29, 0.717) is 17.7 Å². The van der Waals surface area contributed by atoms with Crippen molar-refractivity contribution in [1.29, 1.82) is 0 Å². The summed E-state index contributed by atoms with van der Waals surface area (Å²) < 4.78 is 38.0. The standard InChI is InChI=1S/C19H19Cl2NO5S/c1-12(23)26-11-15-8-14-9-16(17(20)18(21)19(14)27-15)28(24,25)22(2)10-13-6-4-3-5-7-13/h3-7,9,15H,8,10-11H2,1-2H3. The van der Waals surface area contributed by atoms with Crippen LogP contribution in [0.2, 0.25) is 10.0 Å². The summed E-state index contributed by atoms with van der Waals surface area (Å²) in [6.45, 7) is 1.55. The molecule has 1 aliphatic heterocycles. The monoisotopic (exact) mass is 443 g/mol. The topological polar surface area (TPSA) is 72.9 Å². The molecule has 0 fully saturated rings. The average Bonchev–Trinajstić information content (AvgIpc) is 3.07. The number of ether oxygens (including phenoxy) is 2. The Bertz CT molecular complexity index is 995. The van der Waals surface area contributed by atoms with Crippen molar-refractivity contribution in [1.82, 2.24) is 4.31 Å². The summed E-state index contributed by atoms with van der Waals surface area (Å²) in [5, 5.41) is -0.0513. The van der Waals surface area contributed by atoms with E-state index in [1.165, 1.54) is 24.3 Å². The first-order valence-corrected chi connectivity index (χ1v) is 10.7. The summed E-state index contributed by atoms with van der Waals surface area (Å²) in [5.41, 5.74) is 1.46. The van der Waals surface area contributed by atoms with Crippen LogP contribution < -0.4 is 4.74 Å². The first-order valence-electron chi connectivity index (χ1n) is 8.51. The quantitative estimate of drug-likeness (QED) is 0.636. The van der Waals surface area contributed by atoms with Crippen LogP contribution in [0.15, 0.2) is 41.3 Å². The number of benzene rings is 2. The van der Waals surface area contributed by atoms with Crippen molar-refractivity contribution < 1.29 is 22.7 Å². The molecule has 0 spiro atoms. The summed E-state index contributed by atoms with van der Waals surface area (Å²) in [6.07, 6.45) is -0.0720. The van der Waals surface area contributed by atoms with Gasteiger partial charge in [0.15, 0.2) is 0 Å². The fourth-order valence-electron chi connectivity index (χ4n) is 2.95. The molecule has 0 bridgehead atoms. The van der Waals surface area contributed by atoms with E-state index in [1.807, 2.05) is 30.3 Å². The fraction of sp³-hybridized carbons (Fsp3) is 0.316. The Morgan fingerprint density at radius 1 is 1.25 bits per heavy atom. The third kappa shape index (κ3) is 4.27. The number of rotatable bonds is 6. The third-order valence-corrected chi connectivity index (χ3v) is 7.14. The summed E-state index contributed by atoms with van der Waals surface area (Å²) >= 11 is 12.6. The molecule has 2 aromatic carbocycles. The summed E-state index contributed by atoms with van der Waals surface area (Å²) in [4.78, 5) is 10.9. The molecule has 0 N–H and O–H groups in total. The highest BCUT2D eigenvalue weighted by Crippen LogP contribution is 2.44. The molecule has 3 rings (SSSR count). The first-order chi connectivity index (χ1) is 13.2. The molecule has 0 radical (unpaired) electrons. The van der Waals surface area contributed by atoms with Gasteiger partial charge in [-0.2, -0.15) is 4.31 Å². The van der Waals surface area contributed by atoms with E-state index < -0.39 is 22.1 Å². The molecule has 1 unspecified atom stereocenters. The van der Waals surface area contributed by atoms with Gasteiger partial charge in [-0.1, -0.05) is 53.5 Å².